The summed E-state index contributed by atoms with van der Waals surface area (Å²) in [5.41, 5.74) is 4.04. The van der Waals surface area contributed by atoms with Crippen LogP contribution in [0.1, 0.15) is 44.5 Å². The highest BCUT2D eigenvalue weighted by Crippen LogP contribution is 2.30. The predicted molar refractivity (Wildman–Crippen MR) is 132 cm³/mol. The first kappa shape index (κ1) is 23.9. The quantitative estimate of drug-likeness (QED) is 0.351. The normalized spacial score (nSPS) is 11.5. The molecule has 1 heterocycles. The number of hydrogen-bond acceptors (Lipinski definition) is 6. The van der Waals surface area contributed by atoms with E-state index in [9.17, 15) is 4.79 Å². The van der Waals surface area contributed by atoms with E-state index in [2.05, 4.69) is 10.5 Å². The molecule has 0 saturated carbocycles. The minimum atomic E-state index is -0.337. The Morgan fingerprint density at radius 1 is 0.914 bits per heavy atom. The van der Waals surface area contributed by atoms with Crippen molar-refractivity contribution in [3.05, 3.63) is 107 Å². The molecule has 180 valence electrons. The Balaban J connectivity index is 1.55. The van der Waals surface area contributed by atoms with Crippen LogP contribution in [0.25, 0.3) is 0 Å². The van der Waals surface area contributed by atoms with E-state index in [1.807, 2.05) is 68.4 Å². The molecule has 0 fully saturated rings. The molecule has 0 radical (unpaired) electrons. The first-order valence-electron chi connectivity index (χ1n) is 11.2. The Labute approximate surface area is 204 Å². The monoisotopic (exact) mass is 472 g/mol. The Kier molecular flexibility index (Phi) is 7.35. The number of aromatic nitrogens is 1. The van der Waals surface area contributed by atoms with Gasteiger partial charge in [0.05, 0.1) is 31.5 Å². The topological polar surface area (TPSA) is 82.8 Å². The number of carbonyl (C=O) groups excluding carboxylic acids is 1. The Bertz CT molecular complexity index is 1260. The van der Waals surface area contributed by atoms with Crippen LogP contribution in [0.3, 0.4) is 0 Å². The zero-order valence-corrected chi connectivity index (χ0v) is 20.2. The first-order chi connectivity index (χ1) is 17.0. The maximum absolute atomic E-state index is 13.3. The van der Waals surface area contributed by atoms with Crippen LogP contribution < -0.4 is 19.5 Å². The van der Waals surface area contributed by atoms with Gasteiger partial charge in [0, 0.05) is 5.56 Å². The predicted octanol–water partition coefficient (Wildman–Crippen LogP) is 5.41. The van der Waals surface area contributed by atoms with E-state index in [1.165, 1.54) is 0 Å². The number of carbonyl (C=O) groups is 1. The lowest BCUT2D eigenvalue weighted by Crippen LogP contribution is -2.29. The molecule has 0 aliphatic rings. The summed E-state index contributed by atoms with van der Waals surface area (Å²) in [5.74, 6) is 2.22. The molecule has 3 aromatic carbocycles. The zero-order chi connectivity index (χ0) is 24.8. The van der Waals surface area contributed by atoms with Crippen molar-refractivity contribution < 1.29 is 23.5 Å². The number of benzene rings is 3. The molecular weight excluding hydrogens is 444 g/mol. The second-order valence-electron chi connectivity index (χ2n) is 8.05. The SMILES string of the molecule is COc1ccc([C@H](NC(=O)c2ccc(OCc3c(C)noc3C)c(OC)c2)c2ccccc2)cc1. The summed E-state index contributed by atoms with van der Waals surface area (Å²) >= 11 is 0. The van der Waals surface area contributed by atoms with Crippen molar-refractivity contribution in [3.8, 4) is 17.2 Å². The number of amides is 1. The summed E-state index contributed by atoms with van der Waals surface area (Å²) in [6.07, 6.45) is 0. The third kappa shape index (κ3) is 5.46. The smallest absolute Gasteiger partial charge is 0.252 e. The van der Waals surface area contributed by atoms with Gasteiger partial charge in [-0.3, -0.25) is 4.79 Å². The molecule has 0 saturated heterocycles. The van der Waals surface area contributed by atoms with Crippen molar-refractivity contribution in [1.29, 1.82) is 0 Å². The third-order valence-corrected chi connectivity index (χ3v) is 5.84. The summed E-state index contributed by atoms with van der Waals surface area (Å²) in [5, 5.41) is 7.10. The molecule has 35 heavy (non-hydrogen) atoms. The van der Waals surface area contributed by atoms with Crippen LogP contribution in [0.2, 0.25) is 0 Å². The van der Waals surface area contributed by atoms with E-state index in [1.54, 1.807) is 32.4 Å². The molecule has 0 aliphatic carbocycles. The molecule has 4 rings (SSSR count). The molecule has 1 N–H and O–H groups in total. The van der Waals surface area contributed by atoms with Crippen molar-refractivity contribution in [2.45, 2.75) is 26.5 Å². The molecule has 1 amide bonds. The summed E-state index contributed by atoms with van der Waals surface area (Å²) in [6, 6.07) is 22.3. The van der Waals surface area contributed by atoms with Gasteiger partial charge in [0.2, 0.25) is 0 Å². The van der Waals surface area contributed by atoms with Crippen LogP contribution in [-0.2, 0) is 6.61 Å². The van der Waals surface area contributed by atoms with Crippen LogP contribution in [0.4, 0.5) is 0 Å². The van der Waals surface area contributed by atoms with Gasteiger partial charge >= 0.3 is 0 Å². The van der Waals surface area contributed by atoms with E-state index in [4.69, 9.17) is 18.7 Å². The van der Waals surface area contributed by atoms with Crippen LogP contribution >= 0.6 is 0 Å². The lowest BCUT2D eigenvalue weighted by Gasteiger charge is -2.21. The highest BCUT2D eigenvalue weighted by atomic mass is 16.5. The van der Waals surface area contributed by atoms with Gasteiger partial charge in [0.1, 0.15) is 18.1 Å². The highest BCUT2D eigenvalue weighted by Gasteiger charge is 2.20. The average molecular weight is 473 g/mol. The minimum Gasteiger partial charge on any atom is -0.497 e. The number of nitrogens with zero attached hydrogens (tertiary/aromatic N) is 1. The standard InChI is InChI=1S/C28H28N2O5/c1-18-24(19(2)35-30-18)17-34-25-15-12-22(16-26(25)33-4)28(31)29-27(20-8-6-5-7-9-20)21-10-13-23(32-3)14-11-21/h5-16,27H,17H2,1-4H3,(H,29,31)/t27-/m1/s1. The van der Waals surface area contributed by atoms with Gasteiger partial charge in [0.25, 0.3) is 5.91 Å². The lowest BCUT2D eigenvalue weighted by atomic mass is 9.98. The number of nitrogens with one attached hydrogen (secondary N) is 1. The second kappa shape index (κ2) is 10.8. The van der Waals surface area contributed by atoms with E-state index >= 15 is 0 Å². The molecule has 0 unspecified atom stereocenters. The van der Waals surface area contributed by atoms with Gasteiger partial charge in [-0.05, 0) is 55.3 Å². The number of methoxy groups -OCH3 is 2. The maximum atomic E-state index is 13.3. The molecule has 0 bridgehead atoms. The summed E-state index contributed by atoms with van der Waals surface area (Å²) in [4.78, 5) is 13.3. The van der Waals surface area contributed by atoms with Gasteiger partial charge in [0.15, 0.2) is 11.5 Å². The number of hydrogen-bond donors (Lipinski definition) is 1. The van der Waals surface area contributed by atoms with Gasteiger partial charge < -0.3 is 24.1 Å². The van der Waals surface area contributed by atoms with Gasteiger partial charge in [-0.1, -0.05) is 47.6 Å². The average Bonchev–Trinajstić information content (AvgIpc) is 3.23. The van der Waals surface area contributed by atoms with Gasteiger partial charge in [-0.25, -0.2) is 0 Å². The van der Waals surface area contributed by atoms with Crippen LogP contribution in [0.5, 0.6) is 17.2 Å². The first-order valence-corrected chi connectivity index (χ1v) is 11.2. The zero-order valence-electron chi connectivity index (χ0n) is 20.2. The van der Waals surface area contributed by atoms with E-state index < -0.39 is 0 Å². The molecule has 0 aliphatic heterocycles. The maximum Gasteiger partial charge on any atom is 0.252 e. The molecule has 4 aromatic rings. The molecule has 1 aromatic heterocycles. The fraction of sp³-hybridized carbons (Fsp3) is 0.214. The van der Waals surface area contributed by atoms with Crippen molar-refractivity contribution in [2.75, 3.05) is 14.2 Å². The Hall–Kier alpha value is -4.26. The van der Waals surface area contributed by atoms with Crippen LogP contribution in [0.15, 0.2) is 77.3 Å². The molecular formula is C28H28N2O5. The number of ether oxygens (including phenoxy) is 3. The van der Waals surface area contributed by atoms with Crippen molar-refractivity contribution >= 4 is 5.91 Å². The van der Waals surface area contributed by atoms with Crippen LogP contribution in [-0.4, -0.2) is 25.3 Å². The van der Waals surface area contributed by atoms with Gasteiger partial charge in [-0.15, -0.1) is 0 Å². The Morgan fingerprint density at radius 2 is 1.63 bits per heavy atom. The molecule has 0 spiro atoms. The number of aryl methyl sites for hydroxylation is 2. The highest BCUT2D eigenvalue weighted by molar-refractivity contribution is 5.95. The van der Waals surface area contributed by atoms with Gasteiger partial charge in [-0.2, -0.15) is 0 Å². The van der Waals surface area contributed by atoms with Crippen molar-refractivity contribution in [1.82, 2.24) is 10.5 Å². The van der Waals surface area contributed by atoms with Crippen molar-refractivity contribution in [3.63, 3.8) is 0 Å². The fourth-order valence-corrected chi connectivity index (χ4v) is 3.80. The summed E-state index contributed by atoms with van der Waals surface area (Å²) in [7, 11) is 3.17. The van der Waals surface area contributed by atoms with E-state index in [0.717, 1.165) is 28.1 Å². The van der Waals surface area contributed by atoms with E-state index in [-0.39, 0.29) is 18.6 Å². The van der Waals surface area contributed by atoms with Crippen LogP contribution in [0, 0.1) is 13.8 Å². The number of rotatable bonds is 9. The minimum absolute atomic E-state index is 0.231. The fourth-order valence-electron chi connectivity index (χ4n) is 3.80. The summed E-state index contributed by atoms with van der Waals surface area (Å²) < 4.78 is 21.9. The Morgan fingerprint density at radius 3 is 2.26 bits per heavy atom. The summed E-state index contributed by atoms with van der Waals surface area (Å²) in [6.45, 7) is 4.00. The molecule has 7 heteroatoms. The molecule has 7 nitrogen and oxygen atoms in total. The van der Waals surface area contributed by atoms with E-state index in [0.29, 0.717) is 22.8 Å². The van der Waals surface area contributed by atoms with Crippen molar-refractivity contribution in [2.24, 2.45) is 0 Å². The second-order valence-corrected chi connectivity index (χ2v) is 8.05. The largest absolute Gasteiger partial charge is 0.497 e. The molecule has 1 atom stereocenters. The third-order valence-electron chi connectivity index (χ3n) is 5.84. The lowest BCUT2D eigenvalue weighted by molar-refractivity contribution is 0.0942.